The first-order chi connectivity index (χ1) is 8.84. The van der Waals surface area contributed by atoms with Crippen molar-refractivity contribution in [1.29, 1.82) is 0 Å². The van der Waals surface area contributed by atoms with Gasteiger partial charge in [-0.05, 0) is 31.5 Å². The van der Waals surface area contributed by atoms with Crippen LogP contribution in [0, 0.1) is 0 Å². The van der Waals surface area contributed by atoms with Crippen LogP contribution in [0.2, 0.25) is 0 Å². The summed E-state index contributed by atoms with van der Waals surface area (Å²) in [6, 6.07) is 10.5. The number of rotatable bonds is 10. The molecule has 0 atom stereocenters. The maximum Gasteiger partial charge on any atom is 0.0555 e. The van der Waals surface area contributed by atoms with Gasteiger partial charge in [-0.1, -0.05) is 31.0 Å². The molecule has 0 saturated heterocycles. The van der Waals surface area contributed by atoms with Crippen LogP contribution in [0.3, 0.4) is 0 Å². The van der Waals surface area contributed by atoms with E-state index in [4.69, 9.17) is 5.11 Å². The Hall–Kier alpha value is -0.480. The Kier molecular flexibility index (Phi) is 16.3. The number of nitrogens with zero attached hydrogens (tertiary/aromatic N) is 1. The van der Waals surface area contributed by atoms with Crippen molar-refractivity contribution in [1.82, 2.24) is 5.32 Å². The molecule has 0 heterocycles. The molecule has 0 spiro atoms. The molecule has 0 aliphatic rings. The van der Waals surface area contributed by atoms with Crippen molar-refractivity contribution in [3.63, 3.8) is 0 Å². The predicted molar refractivity (Wildman–Crippen MR) is 92.6 cm³/mol. The Bertz CT molecular complexity index is 299. The average molecular weight is 323 g/mol. The van der Waals surface area contributed by atoms with Crippen LogP contribution in [0.5, 0.6) is 0 Å². The number of nitrogens with one attached hydrogen (secondary N) is 1. The minimum atomic E-state index is 0. The van der Waals surface area contributed by atoms with Gasteiger partial charge in [-0.3, -0.25) is 0 Å². The first kappa shape index (κ1) is 21.8. The third kappa shape index (κ3) is 10.3. The molecule has 0 fully saturated rings. The van der Waals surface area contributed by atoms with E-state index in [1.807, 2.05) is 0 Å². The highest BCUT2D eigenvalue weighted by molar-refractivity contribution is 5.85. The molecule has 1 aromatic rings. The van der Waals surface area contributed by atoms with Crippen LogP contribution in [-0.2, 0) is 0 Å². The Morgan fingerprint density at radius 1 is 0.950 bits per heavy atom. The molecular formula is C15H28Cl2N2O. The second-order valence-corrected chi connectivity index (χ2v) is 4.64. The molecule has 118 valence electrons. The van der Waals surface area contributed by atoms with Gasteiger partial charge >= 0.3 is 0 Å². The van der Waals surface area contributed by atoms with Crippen LogP contribution in [0.25, 0.3) is 0 Å². The van der Waals surface area contributed by atoms with Crippen molar-refractivity contribution in [2.45, 2.75) is 25.7 Å². The summed E-state index contributed by atoms with van der Waals surface area (Å²) in [5.41, 5.74) is 1.29. The molecule has 0 bridgehead atoms. The second-order valence-electron chi connectivity index (χ2n) is 4.64. The Balaban J connectivity index is 0. The summed E-state index contributed by atoms with van der Waals surface area (Å²) in [5.74, 6) is 0. The fourth-order valence-electron chi connectivity index (χ4n) is 1.97. The number of unbranched alkanes of at least 4 members (excludes halogenated alkanes) is 3. The lowest BCUT2D eigenvalue weighted by Gasteiger charge is -2.18. The molecule has 0 amide bonds. The first-order valence-corrected chi connectivity index (χ1v) is 6.92. The smallest absolute Gasteiger partial charge is 0.0555 e. The van der Waals surface area contributed by atoms with Crippen molar-refractivity contribution in [3.8, 4) is 0 Å². The van der Waals surface area contributed by atoms with E-state index in [0.717, 1.165) is 19.6 Å². The highest BCUT2D eigenvalue weighted by Gasteiger charge is 1.98. The Morgan fingerprint density at radius 3 is 2.25 bits per heavy atom. The van der Waals surface area contributed by atoms with Gasteiger partial charge in [0.25, 0.3) is 0 Å². The second kappa shape index (κ2) is 14.9. The zero-order chi connectivity index (χ0) is 13.1. The highest BCUT2D eigenvalue weighted by Crippen LogP contribution is 2.12. The van der Waals surface area contributed by atoms with E-state index in [1.54, 1.807) is 0 Å². The molecule has 0 aliphatic carbocycles. The molecule has 5 heteroatoms. The van der Waals surface area contributed by atoms with Crippen LogP contribution < -0.4 is 10.2 Å². The van der Waals surface area contributed by atoms with Crippen molar-refractivity contribution in [2.75, 3.05) is 38.2 Å². The predicted octanol–water partition coefficient (Wildman–Crippen LogP) is 3.11. The van der Waals surface area contributed by atoms with Crippen molar-refractivity contribution >= 4 is 30.5 Å². The van der Waals surface area contributed by atoms with Crippen LogP contribution in [0.1, 0.15) is 25.7 Å². The normalized spacial score (nSPS) is 9.50. The van der Waals surface area contributed by atoms with Gasteiger partial charge in [0, 0.05) is 25.8 Å². The minimum Gasteiger partial charge on any atom is -0.395 e. The highest BCUT2D eigenvalue weighted by atomic mass is 35.5. The number of para-hydroxylation sites is 1. The summed E-state index contributed by atoms with van der Waals surface area (Å²) in [6.07, 6.45) is 4.99. The maximum atomic E-state index is 8.61. The number of hydrogen-bond donors (Lipinski definition) is 2. The van der Waals surface area contributed by atoms with Gasteiger partial charge in [0.15, 0.2) is 0 Å². The van der Waals surface area contributed by atoms with Crippen molar-refractivity contribution in [2.24, 2.45) is 0 Å². The van der Waals surface area contributed by atoms with Gasteiger partial charge < -0.3 is 15.3 Å². The summed E-state index contributed by atoms with van der Waals surface area (Å²) < 4.78 is 0. The van der Waals surface area contributed by atoms with Gasteiger partial charge in [-0.15, -0.1) is 24.8 Å². The van der Waals surface area contributed by atoms with Crippen molar-refractivity contribution in [3.05, 3.63) is 30.3 Å². The quantitative estimate of drug-likeness (QED) is 0.650. The summed E-state index contributed by atoms with van der Waals surface area (Å²) in [6.45, 7) is 3.10. The molecule has 1 rings (SSSR count). The summed E-state index contributed by atoms with van der Waals surface area (Å²) in [7, 11) is 2.15. The molecular weight excluding hydrogens is 295 g/mol. The van der Waals surface area contributed by atoms with Gasteiger partial charge in [0.1, 0.15) is 0 Å². The lowest BCUT2D eigenvalue weighted by molar-refractivity contribution is 0.292. The largest absolute Gasteiger partial charge is 0.395 e. The fourth-order valence-corrected chi connectivity index (χ4v) is 1.97. The fraction of sp³-hybridized carbons (Fsp3) is 0.600. The third-order valence-electron chi connectivity index (χ3n) is 3.08. The molecule has 0 saturated carbocycles. The molecule has 2 N–H and O–H groups in total. The van der Waals surface area contributed by atoms with Gasteiger partial charge in [0.2, 0.25) is 0 Å². The van der Waals surface area contributed by atoms with Crippen LogP contribution >= 0.6 is 24.8 Å². The van der Waals surface area contributed by atoms with E-state index in [9.17, 15) is 0 Å². The van der Waals surface area contributed by atoms with E-state index in [0.29, 0.717) is 0 Å². The summed E-state index contributed by atoms with van der Waals surface area (Å²) in [5, 5.41) is 11.8. The lowest BCUT2D eigenvalue weighted by atomic mass is 10.2. The van der Waals surface area contributed by atoms with E-state index in [-0.39, 0.29) is 31.4 Å². The molecule has 3 nitrogen and oxygen atoms in total. The number of halogens is 2. The van der Waals surface area contributed by atoms with Crippen molar-refractivity contribution < 1.29 is 5.11 Å². The van der Waals surface area contributed by atoms with Crippen LogP contribution in [0.15, 0.2) is 30.3 Å². The zero-order valence-electron chi connectivity index (χ0n) is 12.3. The first-order valence-electron chi connectivity index (χ1n) is 6.92. The molecule has 0 unspecified atom stereocenters. The monoisotopic (exact) mass is 322 g/mol. The Morgan fingerprint density at radius 2 is 1.60 bits per heavy atom. The van der Waals surface area contributed by atoms with E-state index < -0.39 is 0 Å². The van der Waals surface area contributed by atoms with E-state index in [2.05, 4.69) is 47.6 Å². The van der Waals surface area contributed by atoms with Gasteiger partial charge in [0.05, 0.1) is 6.61 Å². The summed E-state index contributed by atoms with van der Waals surface area (Å²) >= 11 is 0. The number of aliphatic hydroxyl groups excluding tert-OH is 1. The van der Waals surface area contributed by atoms with Crippen LogP contribution in [-0.4, -0.2) is 38.4 Å². The van der Waals surface area contributed by atoms with Gasteiger partial charge in [-0.25, -0.2) is 0 Å². The van der Waals surface area contributed by atoms with Crippen LogP contribution in [0.4, 0.5) is 5.69 Å². The maximum absolute atomic E-state index is 8.61. The van der Waals surface area contributed by atoms with E-state index in [1.165, 1.54) is 31.4 Å². The lowest BCUT2D eigenvalue weighted by Crippen LogP contribution is -2.20. The molecule has 0 aromatic heterocycles. The topological polar surface area (TPSA) is 35.5 Å². The number of hydrogen-bond acceptors (Lipinski definition) is 3. The van der Waals surface area contributed by atoms with Gasteiger partial charge in [-0.2, -0.15) is 0 Å². The molecule has 20 heavy (non-hydrogen) atoms. The molecule has 0 radical (unpaired) electrons. The average Bonchev–Trinajstić information content (AvgIpc) is 2.42. The zero-order valence-corrected chi connectivity index (χ0v) is 13.9. The minimum absolute atomic E-state index is 0. The standard InChI is InChI=1S/C15H26N2O.2ClH/c1-17(15-9-5-4-6-10-15)13-8-3-2-7-11-16-12-14-18;;/h4-6,9-10,16,18H,2-3,7-8,11-14H2,1H3;2*1H. The number of benzene rings is 1. The van der Waals surface area contributed by atoms with E-state index >= 15 is 0 Å². The molecule has 0 aliphatic heterocycles. The number of aliphatic hydroxyl groups is 1. The molecule has 1 aromatic carbocycles. The third-order valence-corrected chi connectivity index (χ3v) is 3.08. The SMILES string of the molecule is CN(CCCCCCNCCO)c1ccccc1.Cl.Cl. The summed E-state index contributed by atoms with van der Waals surface area (Å²) in [4.78, 5) is 2.31. The Labute approximate surface area is 135 Å². The number of anilines is 1.